The van der Waals surface area contributed by atoms with E-state index in [2.05, 4.69) is 42.7 Å². The van der Waals surface area contributed by atoms with Gasteiger partial charge in [-0.25, -0.2) is 0 Å². The van der Waals surface area contributed by atoms with Crippen molar-refractivity contribution in [2.45, 2.75) is 39.2 Å². The van der Waals surface area contributed by atoms with E-state index in [1.165, 1.54) is 11.1 Å². The van der Waals surface area contributed by atoms with Crippen LogP contribution in [-0.2, 0) is 4.79 Å². The topological polar surface area (TPSA) is 41.1 Å². The molecule has 3 heteroatoms. The minimum atomic E-state index is 0.157. The summed E-state index contributed by atoms with van der Waals surface area (Å²) in [5.41, 5.74) is 3.61. The fourth-order valence-electron chi connectivity index (χ4n) is 1.85. The number of carbonyl (C=O) groups excluding carboxylic acids is 1. The molecule has 0 saturated heterocycles. The molecule has 17 heavy (non-hydrogen) atoms. The third kappa shape index (κ3) is 3.77. The van der Waals surface area contributed by atoms with Gasteiger partial charge in [-0.3, -0.25) is 4.79 Å². The zero-order valence-electron chi connectivity index (χ0n) is 10.5. The molecule has 1 aliphatic rings. The Morgan fingerprint density at radius 3 is 2.76 bits per heavy atom. The van der Waals surface area contributed by atoms with E-state index in [0.717, 1.165) is 18.5 Å². The van der Waals surface area contributed by atoms with Crippen molar-refractivity contribution >= 4 is 11.6 Å². The highest BCUT2D eigenvalue weighted by Gasteiger charge is 2.22. The van der Waals surface area contributed by atoms with Crippen LogP contribution >= 0.6 is 0 Å². The van der Waals surface area contributed by atoms with E-state index < -0.39 is 0 Å². The Morgan fingerprint density at radius 1 is 1.35 bits per heavy atom. The summed E-state index contributed by atoms with van der Waals surface area (Å²) < 4.78 is 0. The highest BCUT2D eigenvalue weighted by atomic mass is 16.1. The second-order valence-electron chi connectivity index (χ2n) is 4.84. The molecule has 0 bridgehead atoms. The molecule has 0 heterocycles. The van der Waals surface area contributed by atoms with Crippen LogP contribution in [-0.4, -0.2) is 18.5 Å². The van der Waals surface area contributed by atoms with E-state index >= 15 is 0 Å². The van der Waals surface area contributed by atoms with Gasteiger partial charge in [0.2, 0.25) is 5.91 Å². The summed E-state index contributed by atoms with van der Waals surface area (Å²) in [7, 11) is 0. The van der Waals surface area contributed by atoms with Crippen LogP contribution in [0, 0.1) is 13.8 Å². The lowest BCUT2D eigenvalue weighted by Crippen LogP contribution is -2.27. The quantitative estimate of drug-likeness (QED) is 0.818. The molecule has 0 spiro atoms. The third-order valence-electron chi connectivity index (χ3n) is 2.99. The summed E-state index contributed by atoms with van der Waals surface area (Å²) >= 11 is 0. The van der Waals surface area contributed by atoms with Crippen LogP contribution < -0.4 is 10.6 Å². The maximum Gasteiger partial charge on any atom is 0.221 e. The first-order valence-corrected chi connectivity index (χ1v) is 6.25. The fourth-order valence-corrected chi connectivity index (χ4v) is 1.85. The number of aryl methyl sites for hydroxylation is 2. The lowest BCUT2D eigenvalue weighted by atomic mass is 10.1. The van der Waals surface area contributed by atoms with Gasteiger partial charge >= 0.3 is 0 Å². The van der Waals surface area contributed by atoms with E-state index in [1.807, 2.05) is 0 Å². The molecule has 0 unspecified atom stereocenters. The maximum atomic E-state index is 11.5. The lowest BCUT2D eigenvalue weighted by Gasteiger charge is -2.10. The SMILES string of the molecule is Cc1ccc(NCCC(=O)NC2CC2)c(C)c1. The van der Waals surface area contributed by atoms with Crippen molar-refractivity contribution in [1.82, 2.24) is 5.32 Å². The second kappa shape index (κ2) is 5.21. The van der Waals surface area contributed by atoms with Crippen molar-refractivity contribution in [2.24, 2.45) is 0 Å². The van der Waals surface area contributed by atoms with Crippen LogP contribution in [0.2, 0.25) is 0 Å². The predicted octanol–water partition coefficient (Wildman–Crippen LogP) is 2.38. The van der Waals surface area contributed by atoms with Gasteiger partial charge in [0.15, 0.2) is 0 Å². The zero-order valence-corrected chi connectivity index (χ0v) is 10.5. The summed E-state index contributed by atoms with van der Waals surface area (Å²) in [6.45, 7) is 4.86. The van der Waals surface area contributed by atoms with E-state index in [0.29, 0.717) is 19.0 Å². The smallest absolute Gasteiger partial charge is 0.221 e. The molecule has 1 saturated carbocycles. The molecule has 0 radical (unpaired) electrons. The zero-order chi connectivity index (χ0) is 12.3. The molecule has 2 rings (SSSR count). The Kier molecular flexibility index (Phi) is 3.67. The van der Waals surface area contributed by atoms with Gasteiger partial charge in [0, 0.05) is 24.7 Å². The number of carbonyl (C=O) groups is 1. The van der Waals surface area contributed by atoms with Crippen molar-refractivity contribution in [2.75, 3.05) is 11.9 Å². The van der Waals surface area contributed by atoms with E-state index in [4.69, 9.17) is 0 Å². The molecule has 1 fully saturated rings. The maximum absolute atomic E-state index is 11.5. The Morgan fingerprint density at radius 2 is 2.12 bits per heavy atom. The number of benzene rings is 1. The highest BCUT2D eigenvalue weighted by molar-refractivity contribution is 5.77. The van der Waals surface area contributed by atoms with Gasteiger partial charge in [-0.05, 0) is 38.3 Å². The van der Waals surface area contributed by atoms with Crippen LogP contribution in [0.5, 0.6) is 0 Å². The van der Waals surface area contributed by atoms with Gasteiger partial charge in [-0.2, -0.15) is 0 Å². The van der Waals surface area contributed by atoms with E-state index in [9.17, 15) is 4.79 Å². The van der Waals surface area contributed by atoms with Gasteiger partial charge in [0.1, 0.15) is 0 Å². The monoisotopic (exact) mass is 232 g/mol. The first kappa shape index (κ1) is 12.0. The Hall–Kier alpha value is -1.51. The summed E-state index contributed by atoms with van der Waals surface area (Å²) in [5.74, 6) is 0.157. The van der Waals surface area contributed by atoms with Crippen molar-refractivity contribution in [1.29, 1.82) is 0 Å². The highest BCUT2D eigenvalue weighted by Crippen LogP contribution is 2.19. The number of hydrogen-bond donors (Lipinski definition) is 2. The number of anilines is 1. The molecule has 1 amide bonds. The van der Waals surface area contributed by atoms with Crippen molar-refractivity contribution in [3.63, 3.8) is 0 Å². The van der Waals surface area contributed by atoms with Crippen LogP contribution in [0.1, 0.15) is 30.4 Å². The number of hydrogen-bond acceptors (Lipinski definition) is 2. The number of amides is 1. The first-order valence-electron chi connectivity index (χ1n) is 6.25. The number of nitrogens with one attached hydrogen (secondary N) is 2. The van der Waals surface area contributed by atoms with Crippen LogP contribution in [0.15, 0.2) is 18.2 Å². The van der Waals surface area contributed by atoms with Gasteiger partial charge in [0.25, 0.3) is 0 Å². The largest absolute Gasteiger partial charge is 0.384 e. The third-order valence-corrected chi connectivity index (χ3v) is 2.99. The van der Waals surface area contributed by atoms with Crippen molar-refractivity contribution < 1.29 is 4.79 Å². The van der Waals surface area contributed by atoms with E-state index in [-0.39, 0.29) is 5.91 Å². The summed E-state index contributed by atoms with van der Waals surface area (Å²) in [6, 6.07) is 6.76. The summed E-state index contributed by atoms with van der Waals surface area (Å²) in [6.07, 6.45) is 2.84. The Balaban J connectivity index is 1.75. The predicted molar refractivity (Wildman–Crippen MR) is 70.2 cm³/mol. The fraction of sp³-hybridized carbons (Fsp3) is 0.500. The molecule has 0 aliphatic heterocycles. The molecule has 92 valence electrons. The average Bonchev–Trinajstić information content (AvgIpc) is 3.05. The Labute approximate surface area is 103 Å². The molecule has 1 aromatic carbocycles. The average molecular weight is 232 g/mol. The van der Waals surface area contributed by atoms with Gasteiger partial charge in [-0.15, -0.1) is 0 Å². The van der Waals surface area contributed by atoms with Crippen LogP contribution in [0.25, 0.3) is 0 Å². The molecule has 1 aliphatic carbocycles. The van der Waals surface area contributed by atoms with Gasteiger partial charge < -0.3 is 10.6 Å². The van der Waals surface area contributed by atoms with Crippen molar-refractivity contribution in [3.05, 3.63) is 29.3 Å². The number of rotatable bonds is 5. The molecule has 3 nitrogen and oxygen atoms in total. The molecule has 0 aromatic heterocycles. The standard InChI is InChI=1S/C14H20N2O/c1-10-3-6-13(11(2)9-10)15-8-7-14(17)16-12-4-5-12/h3,6,9,12,15H,4-5,7-8H2,1-2H3,(H,16,17). The van der Waals surface area contributed by atoms with Gasteiger partial charge in [-0.1, -0.05) is 17.7 Å². The second-order valence-corrected chi connectivity index (χ2v) is 4.84. The minimum Gasteiger partial charge on any atom is -0.384 e. The molecular weight excluding hydrogens is 212 g/mol. The molecule has 2 N–H and O–H groups in total. The molecule has 1 aromatic rings. The normalized spacial score (nSPS) is 14.5. The van der Waals surface area contributed by atoms with Crippen LogP contribution in [0.3, 0.4) is 0 Å². The molecular formula is C14H20N2O. The lowest BCUT2D eigenvalue weighted by molar-refractivity contribution is -0.120. The van der Waals surface area contributed by atoms with Crippen molar-refractivity contribution in [3.8, 4) is 0 Å². The first-order chi connectivity index (χ1) is 8.15. The minimum absolute atomic E-state index is 0.157. The summed E-state index contributed by atoms with van der Waals surface area (Å²) in [4.78, 5) is 11.5. The summed E-state index contributed by atoms with van der Waals surface area (Å²) in [5, 5.41) is 6.29. The Bertz CT molecular complexity index is 411. The molecule has 0 atom stereocenters. The van der Waals surface area contributed by atoms with Gasteiger partial charge in [0.05, 0.1) is 0 Å². The van der Waals surface area contributed by atoms with Crippen LogP contribution in [0.4, 0.5) is 5.69 Å². The van der Waals surface area contributed by atoms with E-state index in [1.54, 1.807) is 0 Å².